The van der Waals surface area contributed by atoms with E-state index in [0.717, 1.165) is 63.3 Å². The summed E-state index contributed by atoms with van der Waals surface area (Å²) in [5.74, 6) is 2.43. The first kappa shape index (κ1) is 19.0. The molecule has 0 N–H and O–H groups in total. The highest BCUT2D eigenvalue weighted by molar-refractivity contribution is 5.76. The predicted molar refractivity (Wildman–Crippen MR) is 101 cm³/mol. The SMILES string of the molecule is COc1ccc(CC2CCN(C(=O)CC3CCCCO3)CC2)cc1OC. The van der Waals surface area contributed by atoms with Crippen LogP contribution in [0.15, 0.2) is 18.2 Å². The largest absolute Gasteiger partial charge is 0.493 e. The highest BCUT2D eigenvalue weighted by atomic mass is 16.5. The lowest BCUT2D eigenvalue weighted by Gasteiger charge is -2.33. The van der Waals surface area contributed by atoms with E-state index in [1.807, 2.05) is 11.0 Å². The maximum atomic E-state index is 12.5. The molecule has 5 heteroatoms. The molecule has 2 aliphatic heterocycles. The molecule has 2 saturated heterocycles. The monoisotopic (exact) mass is 361 g/mol. The number of rotatable bonds is 6. The standard InChI is InChI=1S/C21H31NO4/c1-24-19-7-6-17(14-20(19)25-2)13-16-8-10-22(11-9-16)21(23)15-18-5-3-4-12-26-18/h6-7,14,16,18H,3-5,8-13,15H2,1-2H3. The zero-order valence-corrected chi connectivity index (χ0v) is 16.0. The van der Waals surface area contributed by atoms with E-state index in [1.165, 1.54) is 12.0 Å². The van der Waals surface area contributed by atoms with Crippen molar-refractivity contribution in [3.8, 4) is 11.5 Å². The first-order chi connectivity index (χ1) is 12.7. The van der Waals surface area contributed by atoms with Crippen LogP contribution < -0.4 is 9.47 Å². The Hall–Kier alpha value is -1.75. The van der Waals surface area contributed by atoms with Gasteiger partial charge in [-0.1, -0.05) is 6.07 Å². The Balaban J connectivity index is 1.46. The fourth-order valence-electron chi connectivity index (χ4n) is 4.02. The molecule has 0 saturated carbocycles. The minimum atomic E-state index is 0.140. The van der Waals surface area contributed by atoms with Crippen LogP contribution in [0, 0.1) is 5.92 Å². The van der Waals surface area contributed by atoms with Gasteiger partial charge in [0.1, 0.15) is 0 Å². The van der Waals surface area contributed by atoms with Gasteiger partial charge in [-0.3, -0.25) is 4.79 Å². The van der Waals surface area contributed by atoms with Crippen molar-refractivity contribution in [1.82, 2.24) is 4.90 Å². The number of nitrogens with zero attached hydrogens (tertiary/aromatic N) is 1. The summed E-state index contributed by atoms with van der Waals surface area (Å²) >= 11 is 0. The van der Waals surface area contributed by atoms with Crippen molar-refractivity contribution in [1.29, 1.82) is 0 Å². The third-order valence-corrected chi connectivity index (χ3v) is 5.62. The number of amides is 1. The van der Waals surface area contributed by atoms with Gasteiger partial charge in [0.25, 0.3) is 0 Å². The Morgan fingerprint density at radius 1 is 1.12 bits per heavy atom. The topological polar surface area (TPSA) is 48.0 Å². The number of ether oxygens (including phenoxy) is 3. The van der Waals surface area contributed by atoms with Crippen LogP contribution in [0.4, 0.5) is 0 Å². The lowest BCUT2D eigenvalue weighted by atomic mass is 9.90. The number of hydrogen-bond donors (Lipinski definition) is 0. The molecular formula is C21H31NO4. The van der Waals surface area contributed by atoms with Crippen molar-refractivity contribution in [3.05, 3.63) is 23.8 Å². The molecular weight excluding hydrogens is 330 g/mol. The normalized spacial score (nSPS) is 21.5. The third-order valence-electron chi connectivity index (χ3n) is 5.62. The summed E-state index contributed by atoms with van der Waals surface area (Å²) < 4.78 is 16.4. The van der Waals surface area contributed by atoms with Crippen LogP contribution in [0.1, 0.15) is 44.1 Å². The maximum absolute atomic E-state index is 12.5. The Kier molecular flexibility index (Phi) is 6.78. The minimum absolute atomic E-state index is 0.140. The van der Waals surface area contributed by atoms with Crippen LogP contribution in [0.3, 0.4) is 0 Å². The summed E-state index contributed by atoms with van der Waals surface area (Å²) in [7, 11) is 3.32. The minimum Gasteiger partial charge on any atom is -0.493 e. The van der Waals surface area contributed by atoms with Gasteiger partial charge in [-0.15, -0.1) is 0 Å². The van der Waals surface area contributed by atoms with E-state index >= 15 is 0 Å². The second kappa shape index (κ2) is 9.26. The molecule has 1 atom stereocenters. The smallest absolute Gasteiger partial charge is 0.225 e. The van der Waals surface area contributed by atoms with Crippen LogP contribution in [-0.2, 0) is 16.0 Å². The zero-order valence-electron chi connectivity index (χ0n) is 16.0. The van der Waals surface area contributed by atoms with Crippen molar-refractivity contribution in [2.24, 2.45) is 5.92 Å². The summed E-state index contributed by atoms with van der Waals surface area (Å²) in [5.41, 5.74) is 1.27. The van der Waals surface area contributed by atoms with Gasteiger partial charge in [0.05, 0.1) is 26.7 Å². The number of carbonyl (C=O) groups is 1. The van der Waals surface area contributed by atoms with E-state index in [1.54, 1.807) is 14.2 Å². The summed E-state index contributed by atoms with van der Waals surface area (Å²) in [6.07, 6.45) is 7.19. The zero-order chi connectivity index (χ0) is 18.4. The number of likely N-dealkylation sites (tertiary alicyclic amines) is 1. The van der Waals surface area contributed by atoms with Crippen LogP contribution in [-0.4, -0.2) is 50.8 Å². The Labute approximate surface area is 156 Å². The van der Waals surface area contributed by atoms with Crippen molar-refractivity contribution >= 4 is 5.91 Å². The third kappa shape index (κ3) is 4.91. The van der Waals surface area contributed by atoms with Crippen LogP contribution in [0.25, 0.3) is 0 Å². The highest BCUT2D eigenvalue weighted by Gasteiger charge is 2.26. The molecule has 1 aromatic carbocycles. The van der Waals surface area contributed by atoms with E-state index in [4.69, 9.17) is 14.2 Å². The maximum Gasteiger partial charge on any atom is 0.225 e. The fourth-order valence-corrected chi connectivity index (χ4v) is 4.02. The molecule has 1 aromatic rings. The quantitative estimate of drug-likeness (QED) is 0.779. The first-order valence-corrected chi connectivity index (χ1v) is 9.80. The van der Waals surface area contributed by atoms with Gasteiger partial charge in [0.15, 0.2) is 11.5 Å². The van der Waals surface area contributed by atoms with Crippen LogP contribution in [0.2, 0.25) is 0 Å². The summed E-state index contributed by atoms with van der Waals surface area (Å²) in [5, 5.41) is 0. The number of methoxy groups -OCH3 is 2. The van der Waals surface area contributed by atoms with E-state index in [9.17, 15) is 4.79 Å². The van der Waals surface area contributed by atoms with Gasteiger partial charge >= 0.3 is 0 Å². The number of hydrogen-bond acceptors (Lipinski definition) is 4. The molecule has 26 heavy (non-hydrogen) atoms. The number of piperidine rings is 1. The number of benzene rings is 1. The fraction of sp³-hybridized carbons (Fsp3) is 0.667. The van der Waals surface area contributed by atoms with Crippen molar-refractivity contribution in [3.63, 3.8) is 0 Å². The highest BCUT2D eigenvalue weighted by Crippen LogP contribution is 2.30. The predicted octanol–water partition coefficient (Wildman–Crippen LogP) is 3.44. The van der Waals surface area contributed by atoms with E-state index < -0.39 is 0 Å². The molecule has 5 nitrogen and oxygen atoms in total. The molecule has 0 aliphatic carbocycles. The second-order valence-electron chi connectivity index (χ2n) is 7.41. The van der Waals surface area contributed by atoms with Crippen molar-refractivity contribution < 1.29 is 19.0 Å². The summed E-state index contributed by atoms with van der Waals surface area (Å²) in [6, 6.07) is 6.15. The van der Waals surface area contributed by atoms with Gasteiger partial charge in [-0.05, 0) is 62.1 Å². The van der Waals surface area contributed by atoms with E-state index in [2.05, 4.69) is 12.1 Å². The van der Waals surface area contributed by atoms with Gasteiger partial charge in [0, 0.05) is 19.7 Å². The first-order valence-electron chi connectivity index (χ1n) is 9.80. The molecule has 1 unspecified atom stereocenters. The Morgan fingerprint density at radius 2 is 1.88 bits per heavy atom. The Morgan fingerprint density at radius 3 is 2.54 bits per heavy atom. The van der Waals surface area contributed by atoms with Crippen LogP contribution in [0.5, 0.6) is 11.5 Å². The second-order valence-corrected chi connectivity index (χ2v) is 7.41. The van der Waals surface area contributed by atoms with Gasteiger partial charge in [-0.2, -0.15) is 0 Å². The van der Waals surface area contributed by atoms with Gasteiger partial charge in [-0.25, -0.2) is 0 Å². The molecule has 0 spiro atoms. The number of carbonyl (C=O) groups excluding carboxylic acids is 1. The molecule has 2 aliphatic rings. The molecule has 2 heterocycles. The molecule has 2 fully saturated rings. The Bertz CT molecular complexity index is 590. The molecule has 0 bridgehead atoms. The molecule has 0 radical (unpaired) electrons. The molecule has 144 valence electrons. The molecule has 1 amide bonds. The van der Waals surface area contributed by atoms with E-state index in [-0.39, 0.29) is 12.0 Å². The van der Waals surface area contributed by atoms with E-state index in [0.29, 0.717) is 12.3 Å². The average Bonchev–Trinajstić information content (AvgIpc) is 2.69. The lowest BCUT2D eigenvalue weighted by molar-refractivity contribution is -0.136. The van der Waals surface area contributed by atoms with Crippen molar-refractivity contribution in [2.45, 2.75) is 51.0 Å². The van der Waals surface area contributed by atoms with Gasteiger partial charge < -0.3 is 19.1 Å². The average molecular weight is 361 g/mol. The van der Waals surface area contributed by atoms with Crippen molar-refractivity contribution in [2.75, 3.05) is 33.9 Å². The van der Waals surface area contributed by atoms with Gasteiger partial charge in [0.2, 0.25) is 5.91 Å². The lowest BCUT2D eigenvalue weighted by Crippen LogP contribution is -2.40. The summed E-state index contributed by atoms with van der Waals surface area (Å²) in [4.78, 5) is 14.5. The summed E-state index contributed by atoms with van der Waals surface area (Å²) in [6.45, 7) is 2.54. The molecule has 0 aromatic heterocycles. The van der Waals surface area contributed by atoms with Crippen LogP contribution >= 0.6 is 0 Å². The molecule has 3 rings (SSSR count).